The minimum Gasteiger partial charge on any atom is -0.477 e. The molecule has 0 aliphatic rings. The number of aryl methyl sites for hydroxylation is 1. The van der Waals surface area contributed by atoms with Gasteiger partial charge in [-0.05, 0) is 25.1 Å². The number of thiazole rings is 1. The number of hydrogen-bond acceptors (Lipinski definition) is 4. The number of aromatic carboxylic acids is 1. The van der Waals surface area contributed by atoms with Gasteiger partial charge in [-0.25, -0.2) is 9.78 Å². The number of aromatic nitrogens is 1. The molecule has 0 aliphatic heterocycles. The summed E-state index contributed by atoms with van der Waals surface area (Å²) in [4.78, 5) is 18.3. The van der Waals surface area contributed by atoms with Crippen LogP contribution in [-0.4, -0.2) is 28.0 Å². The standard InChI is InChI=1S/C20H20N2O2S/c1-14-18(20(23)24)25-19(21-14)17-11-7-6-10-16(17)13-22(2)12-15-8-4-3-5-9-15/h3-11H,12-13H2,1-2H3,(H,23,24). The molecule has 0 aliphatic carbocycles. The largest absolute Gasteiger partial charge is 0.477 e. The van der Waals surface area contributed by atoms with Crippen molar-refractivity contribution < 1.29 is 9.90 Å². The molecule has 0 amide bonds. The Balaban J connectivity index is 1.84. The molecule has 128 valence electrons. The van der Waals surface area contributed by atoms with Crippen LogP contribution in [0.2, 0.25) is 0 Å². The van der Waals surface area contributed by atoms with E-state index in [1.165, 1.54) is 16.9 Å². The van der Waals surface area contributed by atoms with E-state index in [0.29, 0.717) is 10.6 Å². The summed E-state index contributed by atoms with van der Waals surface area (Å²) >= 11 is 1.24. The zero-order chi connectivity index (χ0) is 17.8. The molecule has 0 bridgehead atoms. The maximum Gasteiger partial charge on any atom is 0.347 e. The number of hydrogen-bond donors (Lipinski definition) is 1. The van der Waals surface area contributed by atoms with Gasteiger partial charge in [0.1, 0.15) is 9.88 Å². The van der Waals surface area contributed by atoms with E-state index in [1.54, 1.807) is 6.92 Å². The summed E-state index contributed by atoms with van der Waals surface area (Å²) in [5, 5.41) is 10.0. The second-order valence-electron chi connectivity index (χ2n) is 6.05. The third kappa shape index (κ3) is 4.13. The summed E-state index contributed by atoms with van der Waals surface area (Å²) in [5.41, 5.74) is 3.98. The highest BCUT2D eigenvalue weighted by Crippen LogP contribution is 2.31. The molecule has 0 unspecified atom stereocenters. The lowest BCUT2D eigenvalue weighted by atomic mass is 10.1. The Kier molecular flexibility index (Phi) is 5.26. The number of rotatable bonds is 6. The molecule has 5 heteroatoms. The fourth-order valence-electron chi connectivity index (χ4n) is 2.82. The Morgan fingerprint density at radius 2 is 1.76 bits per heavy atom. The van der Waals surface area contributed by atoms with Gasteiger partial charge < -0.3 is 5.11 Å². The van der Waals surface area contributed by atoms with Gasteiger partial charge >= 0.3 is 5.97 Å². The highest BCUT2D eigenvalue weighted by atomic mass is 32.1. The number of benzene rings is 2. The van der Waals surface area contributed by atoms with Crippen LogP contribution in [0.1, 0.15) is 26.5 Å². The highest BCUT2D eigenvalue weighted by molar-refractivity contribution is 7.17. The molecular weight excluding hydrogens is 332 g/mol. The first-order valence-electron chi connectivity index (χ1n) is 8.06. The molecule has 4 nitrogen and oxygen atoms in total. The summed E-state index contributed by atoms with van der Waals surface area (Å²) in [6, 6.07) is 18.4. The quantitative estimate of drug-likeness (QED) is 0.712. The molecule has 3 rings (SSSR count). The Morgan fingerprint density at radius 3 is 2.44 bits per heavy atom. The third-order valence-electron chi connectivity index (χ3n) is 3.97. The Hall–Kier alpha value is -2.50. The van der Waals surface area contributed by atoms with Gasteiger partial charge in [0.2, 0.25) is 0 Å². The van der Waals surface area contributed by atoms with Gasteiger partial charge in [0.25, 0.3) is 0 Å². The molecule has 0 spiro atoms. The highest BCUT2D eigenvalue weighted by Gasteiger charge is 2.17. The Bertz CT molecular complexity index is 874. The lowest BCUT2D eigenvalue weighted by molar-refractivity contribution is 0.0701. The van der Waals surface area contributed by atoms with Crippen molar-refractivity contribution in [3.05, 3.63) is 76.3 Å². The molecule has 1 heterocycles. The van der Waals surface area contributed by atoms with Crippen LogP contribution in [0.15, 0.2) is 54.6 Å². The topological polar surface area (TPSA) is 53.4 Å². The first-order chi connectivity index (χ1) is 12.0. The van der Waals surface area contributed by atoms with Gasteiger partial charge in [0.05, 0.1) is 5.69 Å². The van der Waals surface area contributed by atoms with Gasteiger partial charge in [-0.15, -0.1) is 11.3 Å². The SMILES string of the molecule is Cc1nc(-c2ccccc2CN(C)Cc2ccccc2)sc1C(=O)O. The number of carbonyl (C=O) groups is 1. The van der Waals surface area contributed by atoms with Crippen molar-refractivity contribution in [3.8, 4) is 10.6 Å². The maximum atomic E-state index is 11.3. The average Bonchev–Trinajstić information content (AvgIpc) is 2.98. The molecule has 25 heavy (non-hydrogen) atoms. The summed E-state index contributed by atoms with van der Waals surface area (Å²) in [5.74, 6) is -0.917. The second kappa shape index (κ2) is 7.59. The van der Waals surface area contributed by atoms with Crippen molar-refractivity contribution in [2.45, 2.75) is 20.0 Å². The Morgan fingerprint density at radius 1 is 1.08 bits per heavy atom. The van der Waals surface area contributed by atoms with Crippen LogP contribution in [0.5, 0.6) is 0 Å². The monoisotopic (exact) mass is 352 g/mol. The fourth-order valence-corrected chi connectivity index (χ4v) is 3.78. The Labute approximate surface area is 151 Å². The molecule has 1 aromatic heterocycles. The van der Waals surface area contributed by atoms with Crippen LogP contribution in [0.3, 0.4) is 0 Å². The molecule has 3 aromatic rings. The van der Waals surface area contributed by atoms with E-state index in [4.69, 9.17) is 0 Å². The molecule has 0 saturated carbocycles. The first kappa shape index (κ1) is 17.3. The van der Waals surface area contributed by atoms with E-state index in [2.05, 4.69) is 35.1 Å². The van der Waals surface area contributed by atoms with Crippen LogP contribution in [0, 0.1) is 6.92 Å². The maximum absolute atomic E-state index is 11.3. The van der Waals surface area contributed by atoms with Crippen molar-refractivity contribution in [2.75, 3.05) is 7.05 Å². The van der Waals surface area contributed by atoms with Crippen molar-refractivity contribution in [1.29, 1.82) is 0 Å². The van der Waals surface area contributed by atoms with Crippen LogP contribution in [-0.2, 0) is 13.1 Å². The van der Waals surface area contributed by atoms with Crippen molar-refractivity contribution in [3.63, 3.8) is 0 Å². The minimum absolute atomic E-state index is 0.308. The van der Waals surface area contributed by atoms with E-state index < -0.39 is 5.97 Å². The van der Waals surface area contributed by atoms with Gasteiger partial charge in [0, 0.05) is 18.7 Å². The van der Waals surface area contributed by atoms with E-state index >= 15 is 0 Å². The normalized spacial score (nSPS) is 11.0. The molecule has 2 aromatic carbocycles. The van der Waals surface area contributed by atoms with Crippen LogP contribution in [0.4, 0.5) is 0 Å². The van der Waals surface area contributed by atoms with Crippen LogP contribution < -0.4 is 0 Å². The predicted octanol–water partition coefficient (Wildman–Crippen LogP) is 4.45. The summed E-state index contributed by atoms with van der Waals surface area (Å²) in [6.45, 7) is 3.37. The smallest absolute Gasteiger partial charge is 0.347 e. The van der Waals surface area contributed by atoms with Gasteiger partial charge in [-0.2, -0.15) is 0 Å². The molecular formula is C20H20N2O2S. The summed E-state index contributed by atoms with van der Waals surface area (Å²) in [6.07, 6.45) is 0. The average molecular weight is 352 g/mol. The molecule has 0 atom stereocenters. The van der Waals surface area contributed by atoms with E-state index in [1.807, 2.05) is 36.4 Å². The van der Waals surface area contributed by atoms with E-state index in [0.717, 1.165) is 29.2 Å². The number of carboxylic acids is 1. The van der Waals surface area contributed by atoms with Gasteiger partial charge in [0.15, 0.2) is 0 Å². The molecule has 0 saturated heterocycles. The number of nitrogens with zero attached hydrogens (tertiary/aromatic N) is 2. The van der Waals surface area contributed by atoms with Gasteiger partial charge in [-0.1, -0.05) is 54.6 Å². The van der Waals surface area contributed by atoms with Crippen molar-refractivity contribution >= 4 is 17.3 Å². The fraction of sp³-hybridized carbons (Fsp3) is 0.200. The van der Waals surface area contributed by atoms with E-state index in [9.17, 15) is 9.90 Å². The minimum atomic E-state index is -0.917. The summed E-state index contributed by atoms with van der Waals surface area (Å²) in [7, 11) is 2.08. The lowest BCUT2D eigenvalue weighted by Crippen LogP contribution is -2.17. The molecule has 1 N–H and O–H groups in total. The van der Waals surface area contributed by atoms with Crippen LogP contribution >= 0.6 is 11.3 Å². The number of carboxylic acid groups (broad SMARTS) is 1. The van der Waals surface area contributed by atoms with Crippen LogP contribution in [0.25, 0.3) is 10.6 Å². The third-order valence-corrected chi connectivity index (χ3v) is 5.15. The van der Waals surface area contributed by atoms with E-state index in [-0.39, 0.29) is 0 Å². The van der Waals surface area contributed by atoms with Crippen molar-refractivity contribution in [1.82, 2.24) is 9.88 Å². The zero-order valence-electron chi connectivity index (χ0n) is 14.3. The van der Waals surface area contributed by atoms with Gasteiger partial charge in [-0.3, -0.25) is 4.90 Å². The first-order valence-corrected chi connectivity index (χ1v) is 8.87. The van der Waals surface area contributed by atoms with Crippen molar-refractivity contribution in [2.24, 2.45) is 0 Å². The molecule has 0 radical (unpaired) electrons. The zero-order valence-corrected chi connectivity index (χ0v) is 15.1. The second-order valence-corrected chi connectivity index (χ2v) is 7.05. The lowest BCUT2D eigenvalue weighted by Gasteiger charge is -2.18. The molecule has 0 fully saturated rings. The summed E-state index contributed by atoms with van der Waals surface area (Å²) < 4.78 is 0. The predicted molar refractivity (Wildman–Crippen MR) is 101 cm³/mol.